The molecule has 0 saturated carbocycles. The van der Waals surface area contributed by atoms with Crippen LogP contribution in [0.3, 0.4) is 0 Å². The predicted octanol–water partition coefficient (Wildman–Crippen LogP) is 5.06. The lowest BCUT2D eigenvalue weighted by Crippen LogP contribution is -2.14. The Morgan fingerprint density at radius 3 is 2.15 bits per heavy atom. The summed E-state index contributed by atoms with van der Waals surface area (Å²) in [6.07, 6.45) is 1.12. The van der Waals surface area contributed by atoms with Crippen molar-refractivity contribution in [2.75, 3.05) is 5.73 Å². The van der Waals surface area contributed by atoms with Gasteiger partial charge in [0.1, 0.15) is 11.5 Å². The maximum absolute atomic E-state index is 5.86. The zero-order valence-electron chi connectivity index (χ0n) is 12.7. The summed E-state index contributed by atoms with van der Waals surface area (Å²) in [5.41, 5.74) is 9.17. The lowest BCUT2D eigenvalue weighted by Gasteiger charge is -2.23. The van der Waals surface area contributed by atoms with Gasteiger partial charge >= 0.3 is 0 Å². The van der Waals surface area contributed by atoms with Crippen LogP contribution < -0.4 is 10.5 Å². The Morgan fingerprint density at radius 2 is 1.60 bits per heavy atom. The Balaban J connectivity index is 2.16. The van der Waals surface area contributed by atoms with Crippen LogP contribution in [0.5, 0.6) is 11.5 Å². The molecule has 0 unspecified atom stereocenters. The SMILES string of the molecule is CCC(C)(C)c1ccc(Oc2ccc(N)c(C)c2)cc1. The van der Waals surface area contributed by atoms with E-state index in [-0.39, 0.29) is 5.41 Å². The van der Waals surface area contributed by atoms with Crippen LogP contribution in [-0.4, -0.2) is 0 Å². The second kappa shape index (κ2) is 5.58. The van der Waals surface area contributed by atoms with Gasteiger partial charge in [0.25, 0.3) is 0 Å². The number of hydrogen-bond donors (Lipinski definition) is 1. The van der Waals surface area contributed by atoms with Crippen LogP contribution in [0.2, 0.25) is 0 Å². The normalized spacial score (nSPS) is 11.4. The molecule has 2 aromatic carbocycles. The lowest BCUT2D eigenvalue weighted by molar-refractivity contribution is 0.478. The molecule has 0 aliphatic heterocycles. The van der Waals surface area contributed by atoms with Crippen molar-refractivity contribution in [2.45, 2.75) is 39.5 Å². The molecule has 0 bridgehead atoms. The van der Waals surface area contributed by atoms with E-state index in [1.54, 1.807) is 0 Å². The van der Waals surface area contributed by atoms with Gasteiger partial charge in [-0.15, -0.1) is 0 Å². The van der Waals surface area contributed by atoms with E-state index in [9.17, 15) is 0 Å². The van der Waals surface area contributed by atoms with Crippen LogP contribution in [0.15, 0.2) is 42.5 Å². The Morgan fingerprint density at radius 1 is 1.00 bits per heavy atom. The number of aryl methyl sites for hydroxylation is 1. The van der Waals surface area contributed by atoms with Crippen molar-refractivity contribution in [3.8, 4) is 11.5 Å². The third-order valence-corrected chi connectivity index (χ3v) is 4.00. The first kappa shape index (κ1) is 14.4. The van der Waals surface area contributed by atoms with Crippen LogP contribution in [0.25, 0.3) is 0 Å². The fourth-order valence-corrected chi connectivity index (χ4v) is 2.03. The third-order valence-electron chi connectivity index (χ3n) is 4.00. The molecule has 0 fully saturated rings. The van der Waals surface area contributed by atoms with Gasteiger partial charge in [0.05, 0.1) is 0 Å². The van der Waals surface area contributed by atoms with Gasteiger partial charge in [-0.3, -0.25) is 0 Å². The molecule has 0 saturated heterocycles. The van der Waals surface area contributed by atoms with E-state index in [2.05, 4.69) is 32.9 Å². The van der Waals surface area contributed by atoms with Gasteiger partial charge in [-0.1, -0.05) is 32.9 Å². The van der Waals surface area contributed by atoms with E-state index in [1.807, 2.05) is 37.3 Å². The summed E-state index contributed by atoms with van der Waals surface area (Å²) >= 11 is 0. The van der Waals surface area contributed by atoms with E-state index in [1.165, 1.54) is 5.56 Å². The Kier molecular flexibility index (Phi) is 4.03. The molecule has 2 N–H and O–H groups in total. The molecule has 2 rings (SSSR count). The molecular formula is C18H23NO. The van der Waals surface area contributed by atoms with Crippen molar-refractivity contribution >= 4 is 5.69 Å². The molecule has 2 heteroatoms. The maximum atomic E-state index is 5.86. The first-order valence-corrected chi connectivity index (χ1v) is 7.07. The van der Waals surface area contributed by atoms with Gasteiger partial charge in [-0.05, 0) is 60.2 Å². The predicted molar refractivity (Wildman–Crippen MR) is 85.4 cm³/mol. The van der Waals surface area contributed by atoms with Gasteiger partial charge < -0.3 is 10.5 Å². The largest absolute Gasteiger partial charge is 0.457 e. The molecule has 0 aliphatic rings. The van der Waals surface area contributed by atoms with E-state index >= 15 is 0 Å². The monoisotopic (exact) mass is 269 g/mol. The van der Waals surface area contributed by atoms with E-state index < -0.39 is 0 Å². The summed E-state index contributed by atoms with van der Waals surface area (Å²) < 4.78 is 5.86. The number of benzene rings is 2. The number of anilines is 1. The highest BCUT2D eigenvalue weighted by Gasteiger charge is 2.17. The molecule has 2 aromatic rings. The first-order valence-electron chi connectivity index (χ1n) is 7.07. The minimum absolute atomic E-state index is 0.205. The fourth-order valence-electron chi connectivity index (χ4n) is 2.03. The van der Waals surface area contributed by atoms with Crippen molar-refractivity contribution in [1.82, 2.24) is 0 Å². The number of nitrogen functional groups attached to an aromatic ring is 1. The molecule has 0 heterocycles. The van der Waals surface area contributed by atoms with Crippen molar-refractivity contribution in [2.24, 2.45) is 0 Å². The molecule has 106 valence electrons. The average Bonchev–Trinajstić information content (AvgIpc) is 2.43. The quantitative estimate of drug-likeness (QED) is 0.788. The Hall–Kier alpha value is -1.96. The Labute approximate surface area is 121 Å². The van der Waals surface area contributed by atoms with Crippen LogP contribution in [0.1, 0.15) is 38.3 Å². The summed E-state index contributed by atoms with van der Waals surface area (Å²) in [5, 5.41) is 0. The molecular weight excluding hydrogens is 246 g/mol. The smallest absolute Gasteiger partial charge is 0.127 e. The van der Waals surface area contributed by atoms with Gasteiger partial charge in [-0.2, -0.15) is 0 Å². The van der Waals surface area contributed by atoms with E-state index in [4.69, 9.17) is 10.5 Å². The van der Waals surface area contributed by atoms with Gasteiger partial charge in [-0.25, -0.2) is 0 Å². The summed E-state index contributed by atoms with van der Waals surface area (Å²) in [6, 6.07) is 14.1. The standard InChI is InChI=1S/C18H23NO/c1-5-18(3,4)14-6-8-15(9-7-14)20-16-10-11-17(19)13(2)12-16/h6-12H,5,19H2,1-4H3. The molecule has 0 aromatic heterocycles. The molecule has 2 nitrogen and oxygen atoms in total. The van der Waals surface area contributed by atoms with Crippen LogP contribution in [0.4, 0.5) is 5.69 Å². The highest BCUT2D eigenvalue weighted by Crippen LogP contribution is 2.30. The van der Waals surface area contributed by atoms with Crippen molar-refractivity contribution in [3.63, 3.8) is 0 Å². The first-order chi connectivity index (χ1) is 9.42. The van der Waals surface area contributed by atoms with Gasteiger partial charge in [0, 0.05) is 5.69 Å². The highest BCUT2D eigenvalue weighted by molar-refractivity contribution is 5.50. The molecule has 0 radical (unpaired) electrons. The number of hydrogen-bond acceptors (Lipinski definition) is 2. The maximum Gasteiger partial charge on any atom is 0.127 e. The number of rotatable bonds is 4. The molecule has 0 aliphatic carbocycles. The summed E-state index contributed by atoms with van der Waals surface area (Å²) in [4.78, 5) is 0. The van der Waals surface area contributed by atoms with Crippen molar-refractivity contribution in [3.05, 3.63) is 53.6 Å². The van der Waals surface area contributed by atoms with Crippen molar-refractivity contribution < 1.29 is 4.74 Å². The summed E-state index contributed by atoms with van der Waals surface area (Å²) in [6.45, 7) is 8.70. The minimum Gasteiger partial charge on any atom is -0.457 e. The second-order valence-electron chi connectivity index (χ2n) is 5.88. The summed E-state index contributed by atoms with van der Waals surface area (Å²) in [5.74, 6) is 1.67. The third kappa shape index (κ3) is 3.13. The van der Waals surface area contributed by atoms with Crippen LogP contribution in [0, 0.1) is 6.92 Å². The fraction of sp³-hybridized carbons (Fsp3) is 0.333. The molecule has 0 amide bonds. The van der Waals surface area contributed by atoms with Crippen LogP contribution in [-0.2, 0) is 5.41 Å². The zero-order valence-corrected chi connectivity index (χ0v) is 12.7. The van der Waals surface area contributed by atoms with Gasteiger partial charge in [0.2, 0.25) is 0 Å². The number of nitrogens with two attached hydrogens (primary N) is 1. The Bertz CT molecular complexity index is 585. The van der Waals surface area contributed by atoms with Gasteiger partial charge in [0.15, 0.2) is 0 Å². The average molecular weight is 269 g/mol. The van der Waals surface area contributed by atoms with Crippen LogP contribution >= 0.6 is 0 Å². The molecule has 20 heavy (non-hydrogen) atoms. The zero-order chi connectivity index (χ0) is 14.8. The molecule has 0 spiro atoms. The molecule has 0 atom stereocenters. The second-order valence-corrected chi connectivity index (χ2v) is 5.88. The minimum atomic E-state index is 0.205. The topological polar surface area (TPSA) is 35.2 Å². The number of ether oxygens (including phenoxy) is 1. The van der Waals surface area contributed by atoms with Crippen molar-refractivity contribution in [1.29, 1.82) is 0 Å². The van der Waals surface area contributed by atoms with E-state index in [0.717, 1.165) is 29.2 Å². The van der Waals surface area contributed by atoms with E-state index in [0.29, 0.717) is 0 Å². The highest BCUT2D eigenvalue weighted by atomic mass is 16.5. The summed E-state index contributed by atoms with van der Waals surface area (Å²) in [7, 11) is 0. The lowest BCUT2D eigenvalue weighted by atomic mass is 9.82.